The summed E-state index contributed by atoms with van der Waals surface area (Å²) in [6, 6.07) is 1.87. The number of hydrogen-bond donors (Lipinski definition) is 3. The highest BCUT2D eigenvalue weighted by Gasteiger charge is 2.14. The molecule has 0 radical (unpaired) electrons. The molecule has 0 aliphatic rings. The van der Waals surface area contributed by atoms with Crippen LogP contribution in [0.1, 0.15) is 20.9 Å². The average molecular weight is 291 g/mol. The van der Waals surface area contributed by atoms with Gasteiger partial charge in [-0.25, -0.2) is 4.79 Å². The summed E-state index contributed by atoms with van der Waals surface area (Å²) in [6.45, 7) is 0.252. The summed E-state index contributed by atoms with van der Waals surface area (Å²) in [5.74, 6) is 5.11. The lowest BCUT2D eigenvalue weighted by atomic mass is 10.3. The van der Waals surface area contributed by atoms with Gasteiger partial charge in [-0.2, -0.15) is 0 Å². The van der Waals surface area contributed by atoms with Crippen molar-refractivity contribution in [1.29, 1.82) is 0 Å². The van der Waals surface area contributed by atoms with E-state index < -0.39 is 5.69 Å². The molecule has 7 heteroatoms. The molecule has 0 saturated carbocycles. The Morgan fingerprint density at radius 3 is 3.00 bits per heavy atom. The van der Waals surface area contributed by atoms with E-state index in [0.717, 1.165) is 10.4 Å². The maximum absolute atomic E-state index is 12.0. The number of H-pyrrole nitrogens is 2. The molecule has 2 rings (SSSR count). The van der Waals surface area contributed by atoms with Gasteiger partial charge >= 0.3 is 5.69 Å². The lowest BCUT2D eigenvalue weighted by Crippen LogP contribution is -2.26. The molecule has 0 saturated heterocycles. The van der Waals surface area contributed by atoms with Crippen molar-refractivity contribution in [2.75, 3.05) is 13.7 Å². The Bertz CT molecular complexity index is 717. The molecule has 0 aromatic carbocycles. The number of aliphatic hydroxyl groups is 1. The molecule has 0 aliphatic carbocycles. The number of carbonyl (C=O) groups is 1. The van der Waals surface area contributed by atoms with Gasteiger partial charge in [-0.3, -0.25) is 4.79 Å². The number of rotatable bonds is 3. The lowest BCUT2D eigenvalue weighted by molar-refractivity contribution is 0.0781. The minimum atomic E-state index is -0.403. The minimum Gasteiger partial charge on any atom is -0.384 e. The van der Waals surface area contributed by atoms with Gasteiger partial charge in [0.25, 0.3) is 5.91 Å². The molecule has 3 N–H and O–H groups in total. The van der Waals surface area contributed by atoms with Crippen LogP contribution in [-0.2, 0) is 6.54 Å². The molecule has 0 atom stereocenters. The van der Waals surface area contributed by atoms with Crippen LogP contribution >= 0.6 is 11.3 Å². The van der Waals surface area contributed by atoms with Gasteiger partial charge in [-0.1, -0.05) is 11.8 Å². The fourth-order valence-corrected chi connectivity index (χ4v) is 2.50. The van der Waals surface area contributed by atoms with E-state index in [9.17, 15) is 9.59 Å². The van der Waals surface area contributed by atoms with Crippen LogP contribution in [0.25, 0.3) is 0 Å². The monoisotopic (exact) mass is 291 g/mol. The van der Waals surface area contributed by atoms with E-state index in [-0.39, 0.29) is 18.2 Å². The van der Waals surface area contributed by atoms with Gasteiger partial charge in [-0.15, -0.1) is 11.3 Å². The van der Waals surface area contributed by atoms with Crippen molar-refractivity contribution in [3.05, 3.63) is 44.3 Å². The summed E-state index contributed by atoms with van der Waals surface area (Å²) in [5, 5.41) is 10.5. The van der Waals surface area contributed by atoms with E-state index in [0.29, 0.717) is 6.54 Å². The topological polar surface area (TPSA) is 89.2 Å². The zero-order valence-electron chi connectivity index (χ0n) is 10.8. The number of aliphatic hydroxyl groups excluding tert-OH is 1. The second kappa shape index (κ2) is 6.23. The van der Waals surface area contributed by atoms with Crippen molar-refractivity contribution >= 4 is 17.2 Å². The predicted octanol–water partition coefficient (Wildman–Crippen LogP) is 0.381. The van der Waals surface area contributed by atoms with E-state index in [1.807, 2.05) is 11.4 Å². The quantitative estimate of drug-likeness (QED) is 0.714. The number of aromatic nitrogens is 2. The molecule has 1 amide bonds. The van der Waals surface area contributed by atoms with Crippen molar-refractivity contribution in [1.82, 2.24) is 14.9 Å². The van der Waals surface area contributed by atoms with Crippen LogP contribution in [0.2, 0.25) is 0 Å². The van der Waals surface area contributed by atoms with E-state index in [1.54, 1.807) is 7.05 Å². The second-order valence-electron chi connectivity index (χ2n) is 4.08. The zero-order valence-corrected chi connectivity index (χ0v) is 11.6. The molecule has 0 unspecified atom stereocenters. The molecule has 2 heterocycles. The summed E-state index contributed by atoms with van der Waals surface area (Å²) in [5.41, 5.74) is 0.642. The predicted molar refractivity (Wildman–Crippen MR) is 75.5 cm³/mol. The van der Waals surface area contributed by atoms with Gasteiger partial charge in [0.2, 0.25) is 0 Å². The number of carbonyl (C=O) groups excluding carboxylic acids is 1. The smallest absolute Gasteiger partial charge is 0.323 e. The van der Waals surface area contributed by atoms with Gasteiger partial charge in [0.15, 0.2) is 0 Å². The SMILES string of the molecule is CN(Cc1cc(C#CCO)cs1)C(=O)c1c[nH]c(=O)[nH]1. The van der Waals surface area contributed by atoms with E-state index >= 15 is 0 Å². The van der Waals surface area contributed by atoms with Crippen molar-refractivity contribution < 1.29 is 9.90 Å². The number of amides is 1. The van der Waals surface area contributed by atoms with Crippen LogP contribution in [0.3, 0.4) is 0 Å². The Hall–Kier alpha value is -2.30. The molecule has 6 nitrogen and oxygen atoms in total. The van der Waals surface area contributed by atoms with Gasteiger partial charge in [0.1, 0.15) is 12.3 Å². The third-order valence-corrected chi connectivity index (χ3v) is 3.45. The van der Waals surface area contributed by atoms with Gasteiger partial charge in [0.05, 0.1) is 6.54 Å². The third kappa shape index (κ3) is 3.38. The van der Waals surface area contributed by atoms with Crippen LogP contribution in [0.4, 0.5) is 0 Å². The summed E-state index contributed by atoms with van der Waals surface area (Å²) in [4.78, 5) is 30.3. The van der Waals surface area contributed by atoms with Gasteiger partial charge < -0.3 is 20.0 Å². The number of aromatic amines is 2. The Morgan fingerprint density at radius 1 is 1.55 bits per heavy atom. The fraction of sp³-hybridized carbons (Fsp3) is 0.231. The summed E-state index contributed by atoms with van der Waals surface area (Å²) >= 11 is 1.49. The molecule has 0 spiro atoms. The van der Waals surface area contributed by atoms with Crippen LogP contribution in [-0.4, -0.2) is 39.5 Å². The Labute approximate surface area is 119 Å². The first-order valence-electron chi connectivity index (χ1n) is 5.80. The number of hydrogen-bond acceptors (Lipinski definition) is 4. The minimum absolute atomic E-state index is 0.176. The largest absolute Gasteiger partial charge is 0.384 e. The highest BCUT2D eigenvalue weighted by atomic mass is 32.1. The maximum Gasteiger partial charge on any atom is 0.323 e. The normalized spacial score (nSPS) is 9.90. The summed E-state index contributed by atoms with van der Waals surface area (Å²) in [6.07, 6.45) is 1.35. The number of nitrogens with zero attached hydrogens (tertiary/aromatic N) is 1. The number of imidazole rings is 1. The molecule has 2 aromatic heterocycles. The van der Waals surface area contributed by atoms with Crippen LogP contribution in [0.15, 0.2) is 22.4 Å². The van der Waals surface area contributed by atoms with Crippen molar-refractivity contribution in [2.45, 2.75) is 6.54 Å². The molecular formula is C13H13N3O3S. The number of thiophene rings is 1. The third-order valence-electron chi connectivity index (χ3n) is 2.53. The molecule has 0 bridgehead atoms. The molecule has 0 fully saturated rings. The van der Waals surface area contributed by atoms with E-state index in [2.05, 4.69) is 21.8 Å². The van der Waals surface area contributed by atoms with Crippen molar-refractivity contribution in [3.8, 4) is 11.8 Å². The summed E-state index contributed by atoms with van der Waals surface area (Å²) < 4.78 is 0. The van der Waals surface area contributed by atoms with Gasteiger partial charge in [-0.05, 0) is 6.07 Å². The van der Waals surface area contributed by atoms with Crippen molar-refractivity contribution in [2.24, 2.45) is 0 Å². The Kier molecular flexibility index (Phi) is 4.40. The summed E-state index contributed by atoms with van der Waals surface area (Å²) in [7, 11) is 1.66. The van der Waals surface area contributed by atoms with Crippen LogP contribution in [0.5, 0.6) is 0 Å². The Balaban J connectivity index is 2.04. The lowest BCUT2D eigenvalue weighted by Gasteiger charge is -2.14. The maximum atomic E-state index is 12.0. The van der Waals surface area contributed by atoms with Crippen LogP contribution < -0.4 is 5.69 Å². The van der Waals surface area contributed by atoms with Crippen LogP contribution in [0, 0.1) is 11.8 Å². The highest BCUT2D eigenvalue weighted by molar-refractivity contribution is 7.10. The van der Waals surface area contributed by atoms with Crippen molar-refractivity contribution in [3.63, 3.8) is 0 Å². The van der Waals surface area contributed by atoms with E-state index in [4.69, 9.17) is 5.11 Å². The van der Waals surface area contributed by atoms with E-state index in [1.165, 1.54) is 22.4 Å². The first kappa shape index (κ1) is 14.1. The number of nitrogens with one attached hydrogen (secondary N) is 2. The fourth-order valence-electron chi connectivity index (χ4n) is 1.63. The van der Waals surface area contributed by atoms with Gasteiger partial charge in [0, 0.05) is 29.1 Å². The standard InChI is InChI=1S/C13H13N3O3S/c1-16(12(18)11-6-14-13(19)15-11)7-10-5-9(8-20-10)3-2-4-17/h5-6,8,17H,4,7H2,1H3,(H2,14,15,19). The molecule has 2 aromatic rings. The Morgan fingerprint density at radius 2 is 2.35 bits per heavy atom. The molecular weight excluding hydrogens is 278 g/mol. The first-order valence-corrected chi connectivity index (χ1v) is 6.68. The molecule has 104 valence electrons. The molecule has 0 aliphatic heterocycles. The second-order valence-corrected chi connectivity index (χ2v) is 5.08. The average Bonchev–Trinajstić information content (AvgIpc) is 3.04. The molecule has 20 heavy (non-hydrogen) atoms. The highest BCUT2D eigenvalue weighted by Crippen LogP contribution is 2.16. The first-order chi connectivity index (χ1) is 9.60. The zero-order chi connectivity index (χ0) is 14.5.